The van der Waals surface area contributed by atoms with Gasteiger partial charge in [-0.3, -0.25) is 0 Å². The molecule has 12 aromatic rings. The van der Waals surface area contributed by atoms with Crippen LogP contribution in [0.25, 0.3) is 88.6 Å². The monoisotopic (exact) mass is 1180 g/mol. The highest BCUT2D eigenvalue weighted by atomic mass is 79.9. The number of benzene rings is 6. The summed E-state index contributed by atoms with van der Waals surface area (Å²) in [6.07, 6.45) is 5.83. The van der Waals surface area contributed by atoms with Gasteiger partial charge in [0.1, 0.15) is 64.9 Å². The molecule has 24 heteroatoms. The highest BCUT2D eigenvalue weighted by molar-refractivity contribution is 9.10. The molecule has 0 radical (unpaired) electrons. The van der Waals surface area contributed by atoms with Crippen LogP contribution >= 0.6 is 43.5 Å². The molecule has 0 spiro atoms. The normalized spacial score (nSPS) is 10.7. The van der Waals surface area contributed by atoms with E-state index in [0.717, 1.165) is 63.7 Å². The minimum absolute atomic E-state index is 0.0368. The third-order valence-electron chi connectivity index (χ3n) is 11.1. The zero-order valence-electron chi connectivity index (χ0n) is 40.4. The fourth-order valence-electron chi connectivity index (χ4n) is 7.53. The van der Waals surface area contributed by atoms with Gasteiger partial charge in [-0.1, -0.05) is 55.6 Å². The molecule has 77 heavy (non-hydrogen) atoms. The molecule has 0 amide bonds. The molecule has 6 heterocycles. The number of ether oxygens (including phenoxy) is 3. The van der Waals surface area contributed by atoms with Gasteiger partial charge in [0.05, 0.1) is 59.6 Å². The van der Waals surface area contributed by atoms with E-state index in [-0.39, 0.29) is 23.5 Å². The number of methoxy groups -OCH3 is 3. The van der Waals surface area contributed by atoms with Crippen LogP contribution in [0, 0.1) is 11.6 Å². The van der Waals surface area contributed by atoms with Gasteiger partial charge in [0.25, 0.3) is 0 Å². The summed E-state index contributed by atoms with van der Waals surface area (Å²) >= 11 is 12.6. The van der Waals surface area contributed by atoms with Crippen LogP contribution in [0.15, 0.2) is 156 Å². The second-order valence-corrected chi connectivity index (χ2v) is 18.0. The van der Waals surface area contributed by atoms with Gasteiger partial charge in [0, 0.05) is 36.6 Å². The van der Waals surface area contributed by atoms with Gasteiger partial charge in [-0.2, -0.15) is 0 Å². The molecule has 0 unspecified atom stereocenters. The van der Waals surface area contributed by atoms with Crippen molar-refractivity contribution in [2.75, 3.05) is 32.8 Å². The van der Waals surface area contributed by atoms with Crippen molar-refractivity contribution >= 4 is 99.0 Å². The quantitative estimate of drug-likeness (QED) is 0.141. The number of nitrogens with two attached hydrogens (primary N) is 2. The Labute approximate surface area is 457 Å². The molecule has 0 saturated carbocycles. The van der Waals surface area contributed by atoms with E-state index < -0.39 is 0 Å². The van der Waals surface area contributed by atoms with Gasteiger partial charge in [-0.25, -0.2) is 58.6 Å². The summed E-state index contributed by atoms with van der Waals surface area (Å²) in [5, 5.41) is 19.9. The fourth-order valence-corrected chi connectivity index (χ4v) is 8.45. The summed E-state index contributed by atoms with van der Waals surface area (Å²) in [6.45, 7) is 0. The zero-order valence-corrected chi connectivity index (χ0v) is 44.3. The molecule has 0 aliphatic heterocycles. The third kappa shape index (κ3) is 12.3. The predicted molar refractivity (Wildman–Crippen MR) is 295 cm³/mol. The van der Waals surface area contributed by atoms with Gasteiger partial charge >= 0.3 is 0 Å². The number of fused-ring (bicyclic) bond motifs is 4. The van der Waals surface area contributed by atoms with Crippen molar-refractivity contribution in [3.63, 3.8) is 0 Å². The first-order valence-electron chi connectivity index (χ1n) is 22.5. The molecule has 4 N–H and O–H groups in total. The summed E-state index contributed by atoms with van der Waals surface area (Å²) in [4.78, 5) is 41.3. The molecule has 0 fully saturated rings. The first-order chi connectivity index (χ1) is 37.4. The summed E-state index contributed by atoms with van der Waals surface area (Å²) in [7, 11) is 4.69. The number of hydrogen-bond donors (Lipinski definition) is 2. The van der Waals surface area contributed by atoms with E-state index >= 15 is 0 Å². The van der Waals surface area contributed by atoms with E-state index in [1.807, 2.05) is 72.8 Å². The van der Waals surface area contributed by atoms with Crippen molar-refractivity contribution < 1.29 is 23.0 Å². The number of nitrogens with zero attached hydrogens (tertiary/aromatic N) is 14. The van der Waals surface area contributed by atoms with Crippen LogP contribution in [0.3, 0.4) is 0 Å². The topological polar surface area (TPSA) is 260 Å². The Hall–Kier alpha value is -9.19. The molecule has 0 aliphatic rings. The van der Waals surface area contributed by atoms with E-state index in [1.165, 1.54) is 49.6 Å². The van der Waals surface area contributed by atoms with Crippen molar-refractivity contribution in [3.8, 4) is 62.7 Å². The van der Waals surface area contributed by atoms with Gasteiger partial charge in [0.2, 0.25) is 29.5 Å². The highest BCUT2D eigenvalue weighted by Gasteiger charge is 2.17. The van der Waals surface area contributed by atoms with E-state index in [4.69, 9.17) is 37.3 Å². The van der Waals surface area contributed by atoms with Crippen molar-refractivity contribution in [1.29, 1.82) is 0 Å². The average molecular weight is 1180 g/mol. The number of rotatable bonds is 7. The van der Waals surface area contributed by atoms with Crippen molar-refractivity contribution in [3.05, 3.63) is 172 Å². The first kappa shape index (κ1) is 52.7. The Morgan fingerprint density at radius 2 is 0.727 bits per heavy atom. The van der Waals surface area contributed by atoms with Crippen LogP contribution in [0.4, 0.5) is 20.7 Å². The van der Waals surface area contributed by atoms with Gasteiger partial charge < -0.3 is 25.7 Å². The Morgan fingerprint density at radius 1 is 0.390 bits per heavy atom. The molecule has 6 aromatic carbocycles. The molecule has 0 bridgehead atoms. The summed E-state index contributed by atoms with van der Waals surface area (Å²) < 4.78 is 44.2. The Balaban J connectivity index is 0.000000132. The first-order valence-corrected chi connectivity index (χ1v) is 24.5. The summed E-state index contributed by atoms with van der Waals surface area (Å²) in [5.74, 6) is 0.916. The summed E-state index contributed by atoms with van der Waals surface area (Å²) in [5.41, 5.74) is 19.5. The maximum absolute atomic E-state index is 13.3. The molecular formula is C53H37Br2ClF2N16O3. The van der Waals surface area contributed by atoms with Crippen LogP contribution in [-0.2, 0) is 0 Å². The van der Waals surface area contributed by atoms with Crippen LogP contribution < -0.4 is 25.7 Å². The Bertz CT molecular complexity index is 3910. The molecular weight excluding hydrogens is 1140 g/mol. The summed E-state index contributed by atoms with van der Waals surface area (Å²) in [6, 6.07) is 34.5. The molecule has 0 saturated heterocycles. The lowest BCUT2D eigenvalue weighted by Crippen LogP contribution is -2.02. The zero-order chi connectivity index (χ0) is 54.0. The molecule has 12 rings (SSSR count). The molecule has 6 aromatic heterocycles. The smallest absolute Gasteiger partial charge is 0.240 e. The molecule has 19 nitrogen and oxygen atoms in total. The fraction of sp³-hybridized carbons (Fsp3) is 0.0566. The number of halogens is 5. The van der Waals surface area contributed by atoms with Crippen LogP contribution in [0.1, 0.15) is 0 Å². The highest BCUT2D eigenvalue weighted by Crippen LogP contribution is 2.35. The van der Waals surface area contributed by atoms with E-state index in [2.05, 4.69) is 102 Å². The number of aromatic nitrogens is 14. The van der Waals surface area contributed by atoms with Crippen molar-refractivity contribution in [1.82, 2.24) is 70.2 Å². The standard InChI is InChI=1S/2C18H13FN6O.C9H7BrN2O.C8H4BrClN2/c2*1-26-17-13-8-11(4-7-14(13)21-9-22-17)16-15(23-18(20)25-24-16)10-2-5-12(19)6-3-10;1-13-9-7-4-6(10)2-3-8(7)11-5-12-9;9-5-1-2-7-6(3-5)8(10)12-4-11-7/h2*2-9H,1H3,(H2,20,23,25);2-5H,1H3;1-4H. The second kappa shape index (κ2) is 24.0. The number of anilines is 2. The van der Waals surface area contributed by atoms with Crippen molar-refractivity contribution in [2.24, 2.45) is 0 Å². The Kier molecular flexibility index (Phi) is 16.4. The largest absolute Gasteiger partial charge is 0.480 e. The average Bonchev–Trinajstić information content (AvgIpc) is 3.46. The molecule has 0 atom stereocenters. The van der Waals surface area contributed by atoms with Gasteiger partial charge in [0.15, 0.2) is 0 Å². The van der Waals surface area contributed by atoms with Gasteiger partial charge in [-0.15, -0.1) is 20.4 Å². The van der Waals surface area contributed by atoms with E-state index in [1.54, 1.807) is 45.6 Å². The predicted octanol–water partition coefficient (Wildman–Crippen LogP) is 11.2. The van der Waals surface area contributed by atoms with E-state index in [9.17, 15) is 8.78 Å². The maximum Gasteiger partial charge on any atom is 0.240 e. The number of nitrogen functional groups attached to an aromatic ring is 2. The van der Waals surface area contributed by atoms with Crippen LogP contribution in [0.5, 0.6) is 17.6 Å². The number of hydrogen-bond acceptors (Lipinski definition) is 19. The van der Waals surface area contributed by atoms with Crippen molar-refractivity contribution in [2.45, 2.75) is 0 Å². The lowest BCUT2D eigenvalue weighted by Gasteiger charge is -2.10. The maximum atomic E-state index is 13.3. The lowest BCUT2D eigenvalue weighted by atomic mass is 10.0. The Morgan fingerprint density at radius 3 is 1.13 bits per heavy atom. The third-order valence-corrected chi connectivity index (χ3v) is 12.4. The van der Waals surface area contributed by atoms with Crippen LogP contribution in [0.2, 0.25) is 5.15 Å². The minimum atomic E-state index is -0.335. The second-order valence-electron chi connectivity index (χ2n) is 15.8. The SMILES string of the molecule is COc1ncnc2ccc(-c3nnc(N)nc3-c3ccc(F)cc3)cc12.COc1ncnc2ccc(-c3nnc(N)nc3-c3ccc(F)cc3)cc12.COc1ncnc2ccc(Br)cc12.Clc1ncnc2ccc(Br)cc12. The lowest BCUT2D eigenvalue weighted by molar-refractivity contribution is 0.402. The van der Waals surface area contributed by atoms with Crippen LogP contribution in [-0.4, -0.2) is 91.6 Å². The minimum Gasteiger partial charge on any atom is -0.480 e. The molecule has 0 aliphatic carbocycles. The molecule has 382 valence electrons. The van der Waals surface area contributed by atoms with Gasteiger partial charge in [-0.05, 0) is 109 Å². The van der Waals surface area contributed by atoms with E-state index in [0.29, 0.717) is 56.7 Å².